The predicted molar refractivity (Wildman–Crippen MR) is 32.2 cm³/mol. The predicted octanol–water partition coefficient (Wildman–Crippen LogP) is 0.00750. The second-order valence-corrected chi connectivity index (χ2v) is 2.01. The first-order valence-electron chi connectivity index (χ1n) is 2.90. The lowest BCUT2D eigenvalue weighted by Crippen LogP contribution is -2.39. The molecule has 0 bridgehead atoms. The van der Waals surface area contributed by atoms with E-state index < -0.39 is 19.0 Å². The fourth-order valence-electron chi connectivity index (χ4n) is 0.689. The number of aliphatic imine (C=N–C) groups is 1. The summed E-state index contributed by atoms with van der Waals surface area (Å²) in [6.07, 6.45) is -2.42. The third-order valence-electron chi connectivity index (χ3n) is 1.25. The van der Waals surface area contributed by atoms with Crippen LogP contribution in [0.4, 0.5) is 8.78 Å². The highest BCUT2D eigenvalue weighted by atomic mass is 19.1. The molecule has 1 aliphatic rings. The fourth-order valence-corrected chi connectivity index (χ4v) is 0.689. The van der Waals surface area contributed by atoms with Crippen LogP contribution in [0.15, 0.2) is 4.99 Å². The summed E-state index contributed by atoms with van der Waals surface area (Å²) in [6, 6.07) is -0.128. The topological polar surface area (TPSA) is 47.6 Å². The number of halogens is 2. The van der Waals surface area contributed by atoms with E-state index in [-0.39, 0.29) is 12.6 Å². The molecule has 3 nitrogen and oxygen atoms in total. The SMILES string of the molecule is NC1=NC[C@@H](F)[C@@H](CF)O1. The van der Waals surface area contributed by atoms with Gasteiger partial charge in [0.1, 0.15) is 6.67 Å². The van der Waals surface area contributed by atoms with E-state index in [2.05, 4.69) is 9.73 Å². The lowest BCUT2D eigenvalue weighted by molar-refractivity contribution is 0.0567. The number of hydrogen-bond donors (Lipinski definition) is 1. The Morgan fingerprint density at radius 3 is 3.00 bits per heavy atom. The molecular weight excluding hydrogens is 142 g/mol. The van der Waals surface area contributed by atoms with Crippen LogP contribution in [0, 0.1) is 0 Å². The average Bonchev–Trinajstić information content (AvgIpc) is 1.94. The lowest BCUT2D eigenvalue weighted by Gasteiger charge is -2.21. The molecule has 0 aromatic carbocycles. The van der Waals surface area contributed by atoms with Gasteiger partial charge in [-0.3, -0.25) is 0 Å². The van der Waals surface area contributed by atoms with Gasteiger partial charge in [0, 0.05) is 0 Å². The molecule has 10 heavy (non-hydrogen) atoms. The molecule has 2 N–H and O–H groups in total. The van der Waals surface area contributed by atoms with Crippen LogP contribution in [0.1, 0.15) is 0 Å². The molecule has 2 atom stereocenters. The maximum atomic E-state index is 12.5. The fraction of sp³-hybridized carbons (Fsp3) is 0.800. The molecule has 1 heterocycles. The molecule has 0 amide bonds. The van der Waals surface area contributed by atoms with E-state index in [1.165, 1.54) is 0 Å². The smallest absolute Gasteiger partial charge is 0.282 e. The molecule has 0 aromatic heterocycles. The Bertz CT molecular complexity index is 151. The Morgan fingerprint density at radius 1 is 1.80 bits per heavy atom. The van der Waals surface area contributed by atoms with Crippen molar-refractivity contribution in [2.75, 3.05) is 13.2 Å². The molecular formula is C5H8F2N2O. The standard InChI is InChI=1S/C5H8F2N2O/c6-1-4-3(7)2-9-5(8)10-4/h3-4H,1-2H2,(H2,8,9)/t3-,4-/m1/s1. The zero-order valence-electron chi connectivity index (χ0n) is 5.26. The number of nitrogens with zero attached hydrogens (tertiary/aromatic N) is 1. The van der Waals surface area contributed by atoms with Crippen LogP contribution in [0.5, 0.6) is 0 Å². The van der Waals surface area contributed by atoms with E-state index in [1.54, 1.807) is 0 Å². The Balaban J connectivity index is 2.53. The number of rotatable bonds is 1. The highest BCUT2D eigenvalue weighted by Gasteiger charge is 2.26. The van der Waals surface area contributed by atoms with E-state index >= 15 is 0 Å². The molecule has 58 valence electrons. The van der Waals surface area contributed by atoms with Crippen molar-refractivity contribution in [2.24, 2.45) is 10.7 Å². The number of alkyl halides is 2. The van der Waals surface area contributed by atoms with Crippen molar-refractivity contribution >= 4 is 6.02 Å². The first kappa shape index (κ1) is 7.24. The third kappa shape index (κ3) is 1.34. The van der Waals surface area contributed by atoms with Gasteiger partial charge in [-0.2, -0.15) is 0 Å². The minimum atomic E-state index is -1.36. The molecule has 0 aromatic rings. The van der Waals surface area contributed by atoms with E-state index in [0.29, 0.717) is 0 Å². The molecule has 0 spiro atoms. The first-order chi connectivity index (χ1) is 4.74. The van der Waals surface area contributed by atoms with Gasteiger partial charge >= 0.3 is 0 Å². The van der Waals surface area contributed by atoms with Crippen LogP contribution in [-0.4, -0.2) is 31.5 Å². The summed E-state index contributed by atoms with van der Waals surface area (Å²) in [5.74, 6) is 0. The van der Waals surface area contributed by atoms with Gasteiger partial charge in [0.15, 0.2) is 12.3 Å². The van der Waals surface area contributed by atoms with Gasteiger partial charge in [-0.25, -0.2) is 13.8 Å². The second-order valence-electron chi connectivity index (χ2n) is 2.01. The van der Waals surface area contributed by atoms with Gasteiger partial charge in [0.2, 0.25) is 0 Å². The summed E-state index contributed by atoms with van der Waals surface area (Å²) in [4.78, 5) is 3.44. The summed E-state index contributed by atoms with van der Waals surface area (Å²) in [6.45, 7) is -0.961. The van der Waals surface area contributed by atoms with E-state index in [1.807, 2.05) is 0 Å². The van der Waals surface area contributed by atoms with Crippen molar-refractivity contribution in [3.63, 3.8) is 0 Å². The second kappa shape index (κ2) is 2.81. The summed E-state index contributed by atoms with van der Waals surface area (Å²) >= 11 is 0. The van der Waals surface area contributed by atoms with Gasteiger partial charge in [-0.05, 0) is 0 Å². The van der Waals surface area contributed by atoms with Crippen LogP contribution in [0.3, 0.4) is 0 Å². The first-order valence-corrected chi connectivity index (χ1v) is 2.90. The van der Waals surface area contributed by atoms with Crippen molar-refractivity contribution < 1.29 is 13.5 Å². The third-order valence-corrected chi connectivity index (χ3v) is 1.25. The minimum Gasteiger partial charge on any atom is -0.456 e. The molecule has 0 saturated heterocycles. The van der Waals surface area contributed by atoms with Crippen LogP contribution in [0.25, 0.3) is 0 Å². The normalized spacial score (nSPS) is 32.8. The zero-order chi connectivity index (χ0) is 7.56. The highest BCUT2D eigenvalue weighted by Crippen LogP contribution is 2.09. The molecule has 0 saturated carbocycles. The number of ether oxygens (including phenoxy) is 1. The Morgan fingerprint density at radius 2 is 2.50 bits per heavy atom. The highest BCUT2D eigenvalue weighted by molar-refractivity contribution is 5.72. The number of nitrogens with two attached hydrogens (primary N) is 1. The van der Waals surface area contributed by atoms with Crippen molar-refractivity contribution in [3.05, 3.63) is 0 Å². The van der Waals surface area contributed by atoms with Crippen LogP contribution in [0.2, 0.25) is 0 Å². The number of hydrogen-bond acceptors (Lipinski definition) is 3. The summed E-state index contributed by atoms with van der Waals surface area (Å²) in [5, 5.41) is 0. The summed E-state index contributed by atoms with van der Waals surface area (Å²) < 4.78 is 28.8. The summed E-state index contributed by atoms with van der Waals surface area (Å²) in [5.41, 5.74) is 5.06. The number of amidine groups is 1. The maximum Gasteiger partial charge on any atom is 0.282 e. The lowest BCUT2D eigenvalue weighted by atomic mass is 10.2. The monoisotopic (exact) mass is 150 g/mol. The molecule has 0 unspecified atom stereocenters. The molecule has 1 aliphatic heterocycles. The van der Waals surface area contributed by atoms with Gasteiger partial charge in [0.25, 0.3) is 6.02 Å². The minimum absolute atomic E-state index is 0.0968. The van der Waals surface area contributed by atoms with Crippen molar-refractivity contribution in [3.8, 4) is 0 Å². The summed E-state index contributed by atoms with van der Waals surface area (Å²) in [7, 11) is 0. The van der Waals surface area contributed by atoms with Gasteiger partial charge in [-0.15, -0.1) is 0 Å². The largest absolute Gasteiger partial charge is 0.456 e. The molecule has 0 aliphatic carbocycles. The maximum absolute atomic E-state index is 12.5. The van der Waals surface area contributed by atoms with Gasteiger partial charge in [0.05, 0.1) is 6.54 Å². The van der Waals surface area contributed by atoms with Gasteiger partial charge in [-0.1, -0.05) is 0 Å². The van der Waals surface area contributed by atoms with Crippen LogP contribution in [-0.2, 0) is 4.74 Å². The Hall–Kier alpha value is -0.870. The molecule has 5 heteroatoms. The van der Waals surface area contributed by atoms with Crippen LogP contribution < -0.4 is 5.73 Å². The van der Waals surface area contributed by atoms with E-state index in [0.717, 1.165) is 0 Å². The van der Waals surface area contributed by atoms with E-state index in [9.17, 15) is 8.78 Å². The van der Waals surface area contributed by atoms with Crippen molar-refractivity contribution in [2.45, 2.75) is 12.3 Å². The molecule has 0 radical (unpaired) electrons. The molecule has 0 fully saturated rings. The quantitative estimate of drug-likeness (QED) is 0.572. The van der Waals surface area contributed by atoms with Crippen molar-refractivity contribution in [1.29, 1.82) is 0 Å². The zero-order valence-corrected chi connectivity index (χ0v) is 5.26. The Kier molecular flexibility index (Phi) is 2.03. The van der Waals surface area contributed by atoms with Gasteiger partial charge < -0.3 is 10.5 Å². The average molecular weight is 150 g/mol. The Labute approximate surface area is 56.9 Å². The van der Waals surface area contributed by atoms with Crippen LogP contribution >= 0.6 is 0 Å². The van der Waals surface area contributed by atoms with Crippen molar-refractivity contribution in [1.82, 2.24) is 0 Å². The molecule has 1 rings (SSSR count). The van der Waals surface area contributed by atoms with E-state index in [4.69, 9.17) is 5.73 Å².